The molecule has 5 nitrogen and oxygen atoms in total. The van der Waals surface area contributed by atoms with E-state index in [1.165, 1.54) is 19.3 Å². The molecule has 110 valence electrons. The lowest BCUT2D eigenvalue weighted by molar-refractivity contribution is 0.130. The lowest BCUT2D eigenvalue weighted by Crippen LogP contribution is -2.45. The Hall–Kier alpha value is -1.72. The van der Waals surface area contributed by atoms with Crippen molar-refractivity contribution in [2.24, 2.45) is 0 Å². The Morgan fingerprint density at radius 2 is 2.14 bits per heavy atom. The van der Waals surface area contributed by atoms with Gasteiger partial charge in [0.05, 0.1) is 6.54 Å². The normalized spacial score (nSPS) is 25.9. The van der Waals surface area contributed by atoms with Gasteiger partial charge in [-0.2, -0.15) is 4.98 Å². The molecule has 21 heavy (non-hydrogen) atoms. The Morgan fingerprint density at radius 1 is 1.24 bits per heavy atom. The smallest absolute Gasteiger partial charge is 0.241 e. The van der Waals surface area contributed by atoms with Crippen molar-refractivity contribution >= 4 is 0 Å². The van der Waals surface area contributed by atoms with E-state index in [4.69, 9.17) is 4.52 Å². The molecule has 5 heteroatoms. The van der Waals surface area contributed by atoms with E-state index in [0.717, 1.165) is 37.6 Å². The van der Waals surface area contributed by atoms with E-state index in [2.05, 4.69) is 20.4 Å². The van der Waals surface area contributed by atoms with Crippen LogP contribution < -0.4 is 5.32 Å². The molecular weight excluding hydrogens is 264 g/mol. The number of aromatic nitrogens is 2. The molecule has 1 atom stereocenters. The summed E-state index contributed by atoms with van der Waals surface area (Å²) in [6, 6.07) is 9.99. The van der Waals surface area contributed by atoms with Gasteiger partial charge < -0.3 is 9.84 Å². The maximum absolute atomic E-state index is 5.46. The Bertz CT molecular complexity index is 598. The second-order valence-electron chi connectivity index (χ2n) is 6.05. The van der Waals surface area contributed by atoms with Crippen molar-refractivity contribution in [3.05, 3.63) is 36.2 Å². The molecule has 0 amide bonds. The molecule has 2 fully saturated rings. The van der Waals surface area contributed by atoms with Gasteiger partial charge in [0.25, 0.3) is 0 Å². The molecule has 2 saturated heterocycles. The summed E-state index contributed by atoms with van der Waals surface area (Å²) in [4.78, 5) is 7.08. The van der Waals surface area contributed by atoms with Gasteiger partial charge in [-0.1, -0.05) is 35.5 Å². The molecule has 4 rings (SSSR count). The second-order valence-corrected chi connectivity index (χ2v) is 6.05. The first-order valence-electron chi connectivity index (χ1n) is 7.70. The first-order chi connectivity index (χ1) is 10.4. The summed E-state index contributed by atoms with van der Waals surface area (Å²) < 4.78 is 5.46. The van der Waals surface area contributed by atoms with Crippen LogP contribution in [-0.2, 0) is 6.54 Å². The van der Waals surface area contributed by atoms with Gasteiger partial charge >= 0.3 is 0 Å². The van der Waals surface area contributed by atoms with Gasteiger partial charge in [-0.3, -0.25) is 4.90 Å². The van der Waals surface area contributed by atoms with Crippen LogP contribution in [0.2, 0.25) is 0 Å². The number of hydrogen-bond acceptors (Lipinski definition) is 5. The van der Waals surface area contributed by atoms with Crippen molar-refractivity contribution in [2.75, 3.05) is 19.6 Å². The highest BCUT2D eigenvalue weighted by Crippen LogP contribution is 2.35. The number of nitrogens with zero attached hydrogens (tertiary/aromatic N) is 3. The van der Waals surface area contributed by atoms with Crippen molar-refractivity contribution in [1.82, 2.24) is 20.4 Å². The highest BCUT2D eigenvalue weighted by Gasteiger charge is 2.43. The van der Waals surface area contributed by atoms with E-state index in [0.29, 0.717) is 11.4 Å². The molecule has 1 unspecified atom stereocenters. The zero-order valence-electron chi connectivity index (χ0n) is 12.1. The Balaban J connectivity index is 1.52. The summed E-state index contributed by atoms with van der Waals surface area (Å²) in [6.07, 6.45) is 3.77. The minimum atomic E-state index is 0.321. The SMILES string of the molecule is c1ccc(-c2noc(CN3CCCC34CCNC4)n2)cc1. The molecule has 2 aliphatic heterocycles. The van der Waals surface area contributed by atoms with E-state index < -0.39 is 0 Å². The molecule has 0 aliphatic carbocycles. The van der Waals surface area contributed by atoms with Crippen molar-refractivity contribution < 1.29 is 4.52 Å². The average molecular weight is 284 g/mol. The molecule has 0 saturated carbocycles. The van der Waals surface area contributed by atoms with E-state index in [1.807, 2.05) is 30.3 Å². The van der Waals surface area contributed by atoms with Crippen LogP contribution in [0.4, 0.5) is 0 Å². The third kappa shape index (κ3) is 2.36. The standard InChI is InChI=1S/C16H20N4O/c1-2-5-13(6-3-1)15-18-14(21-19-15)11-20-10-4-7-16(20)8-9-17-12-16/h1-3,5-6,17H,4,7-12H2. The summed E-state index contributed by atoms with van der Waals surface area (Å²) in [5.74, 6) is 1.41. The highest BCUT2D eigenvalue weighted by atomic mass is 16.5. The minimum Gasteiger partial charge on any atom is -0.338 e. The monoisotopic (exact) mass is 284 g/mol. The second kappa shape index (κ2) is 5.24. The quantitative estimate of drug-likeness (QED) is 0.935. The van der Waals surface area contributed by atoms with Gasteiger partial charge in [-0.05, 0) is 32.4 Å². The van der Waals surface area contributed by atoms with E-state index in [-0.39, 0.29) is 0 Å². The fraction of sp³-hybridized carbons (Fsp3) is 0.500. The molecule has 3 heterocycles. The first-order valence-corrected chi connectivity index (χ1v) is 7.70. The van der Waals surface area contributed by atoms with Crippen LogP contribution in [0.25, 0.3) is 11.4 Å². The lowest BCUT2D eigenvalue weighted by atomic mass is 9.95. The zero-order valence-corrected chi connectivity index (χ0v) is 12.1. The molecular formula is C16H20N4O. The topological polar surface area (TPSA) is 54.2 Å². The van der Waals surface area contributed by atoms with Crippen LogP contribution in [0, 0.1) is 0 Å². The number of benzene rings is 1. The number of nitrogens with one attached hydrogen (secondary N) is 1. The minimum absolute atomic E-state index is 0.321. The number of hydrogen-bond donors (Lipinski definition) is 1. The Kier molecular flexibility index (Phi) is 3.24. The third-order valence-corrected chi connectivity index (χ3v) is 4.79. The molecule has 1 N–H and O–H groups in total. The van der Waals surface area contributed by atoms with E-state index >= 15 is 0 Å². The fourth-order valence-corrected chi connectivity index (χ4v) is 3.64. The van der Waals surface area contributed by atoms with Crippen LogP contribution in [0.1, 0.15) is 25.2 Å². The van der Waals surface area contributed by atoms with E-state index in [1.54, 1.807) is 0 Å². The zero-order chi connectivity index (χ0) is 14.1. The molecule has 2 aromatic rings. The van der Waals surface area contributed by atoms with Crippen molar-refractivity contribution in [3.63, 3.8) is 0 Å². The molecule has 0 bridgehead atoms. The molecule has 1 aromatic carbocycles. The lowest BCUT2D eigenvalue weighted by Gasteiger charge is -2.33. The van der Waals surface area contributed by atoms with Gasteiger partial charge in [-0.25, -0.2) is 0 Å². The Labute approximate surface area is 124 Å². The summed E-state index contributed by atoms with van der Waals surface area (Å²) in [7, 11) is 0. The van der Waals surface area contributed by atoms with Crippen LogP contribution in [0.3, 0.4) is 0 Å². The maximum Gasteiger partial charge on any atom is 0.241 e. The summed E-state index contributed by atoms with van der Waals surface area (Å²) in [5.41, 5.74) is 1.33. The molecule has 1 spiro atoms. The van der Waals surface area contributed by atoms with Gasteiger partial charge in [0.2, 0.25) is 11.7 Å². The van der Waals surface area contributed by atoms with Crippen LogP contribution >= 0.6 is 0 Å². The Morgan fingerprint density at radius 3 is 2.95 bits per heavy atom. The van der Waals surface area contributed by atoms with Crippen molar-refractivity contribution in [1.29, 1.82) is 0 Å². The van der Waals surface area contributed by atoms with Crippen molar-refractivity contribution in [2.45, 2.75) is 31.3 Å². The van der Waals surface area contributed by atoms with E-state index in [9.17, 15) is 0 Å². The maximum atomic E-state index is 5.46. The van der Waals surface area contributed by atoms with Crippen LogP contribution in [-0.4, -0.2) is 40.2 Å². The molecule has 1 aromatic heterocycles. The van der Waals surface area contributed by atoms with Gasteiger partial charge in [-0.15, -0.1) is 0 Å². The molecule has 2 aliphatic rings. The van der Waals surface area contributed by atoms with Gasteiger partial charge in [0, 0.05) is 17.6 Å². The predicted molar refractivity (Wildman–Crippen MR) is 79.6 cm³/mol. The number of rotatable bonds is 3. The predicted octanol–water partition coefficient (Wildman–Crippen LogP) is 2.06. The first kappa shape index (κ1) is 13.0. The third-order valence-electron chi connectivity index (χ3n) is 4.79. The van der Waals surface area contributed by atoms with Crippen LogP contribution in [0.15, 0.2) is 34.9 Å². The van der Waals surface area contributed by atoms with Crippen molar-refractivity contribution in [3.8, 4) is 11.4 Å². The van der Waals surface area contributed by atoms with Gasteiger partial charge in [0.1, 0.15) is 0 Å². The highest BCUT2D eigenvalue weighted by molar-refractivity contribution is 5.53. The van der Waals surface area contributed by atoms with Gasteiger partial charge in [0.15, 0.2) is 0 Å². The molecule has 0 radical (unpaired) electrons. The summed E-state index contributed by atoms with van der Waals surface area (Å²) in [5, 5.41) is 7.61. The fourth-order valence-electron chi connectivity index (χ4n) is 3.64. The van der Waals surface area contributed by atoms with Crippen LogP contribution in [0.5, 0.6) is 0 Å². The largest absolute Gasteiger partial charge is 0.338 e. The summed E-state index contributed by atoms with van der Waals surface area (Å²) >= 11 is 0. The number of likely N-dealkylation sites (tertiary alicyclic amines) is 1. The summed E-state index contributed by atoms with van der Waals surface area (Å²) in [6.45, 7) is 4.11. The average Bonchev–Trinajstić information content (AvgIpc) is 3.25.